The number of nitrogen functional groups attached to an aromatic ring is 1. The molecule has 2 aromatic rings. The Kier molecular flexibility index (Phi) is 2.91. The first-order chi connectivity index (χ1) is 8.08. The molecule has 0 aliphatic rings. The minimum absolute atomic E-state index is 0.0798. The molecular weight excluding hydrogens is 221 g/mol. The quantitative estimate of drug-likeness (QED) is 0.796. The van der Waals surface area contributed by atoms with Gasteiger partial charge in [0.15, 0.2) is 5.82 Å². The van der Waals surface area contributed by atoms with Crippen LogP contribution in [-0.4, -0.2) is 9.55 Å². The van der Waals surface area contributed by atoms with Crippen molar-refractivity contribution in [2.24, 2.45) is 0 Å². The van der Waals surface area contributed by atoms with Gasteiger partial charge in [-0.3, -0.25) is 4.57 Å². The average Bonchev–Trinajstić information content (AvgIpc) is 2.30. The van der Waals surface area contributed by atoms with Crippen LogP contribution in [0, 0.1) is 12.7 Å². The summed E-state index contributed by atoms with van der Waals surface area (Å²) in [6.07, 6.45) is 3.12. The standard InChI is InChI=1S/C12H12FN3O/c1-8-5-15-12(17)16(6-8)7-9-3-2-4-10(14)11(9)13/h2-6H,7,14H2,1H3. The SMILES string of the molecule is Cc1cnc(=O)n(Cc2cccc(N)c2F)c1. The average molecular weight is 233 g/mol. The molecule has 0 spiro atoms. The third-order valence-electron chi connectivity index (χ3n) is 2.43. The topological polar surface area (TPSA) is 60.9 Å². The van der Waals surface area contributed by atoms with Crippen molar-refractivity contribution in [2.45, 2.75) is 13.5 Å². The van der Waals surface area contributed by atoms with Gasteiger partial charge in [-0.2, -0.15) is 0 Å². The molecule has 1 heterocycles. The lowest BCUT2D eigenvalue weighted by atomic mass is 10.2. The van der Waals surface area contributed by atoms with E-state index in [1.165, 1.54) is 16.8 Å². The Bertz CT molecular complexity index is 607. The van der Waals surface area contributed by atoms with E-state index in [2.05, 4.69) is 4.98 Å². The summed E-state index contributed by atoms with van der Waals surface area (Å²) < 4.78 is 15.0. The number of halogens is 1. The molecule has 0 fully saturated rings. The number of anilines is 1. The summed E-state index contributed by atoms with van der Waals surface area (Å²) in [5.74, 6) is -0.485. The molecule has 88 valence electrons. The smallest absolute Gasteiger partial charge is 0.347 e. The molecule has 0 atom stereocenters. The van der Waals surface area contributed by atoms with Crippen molar-refractivity contribution >= 4 is 5.69 Å². The number of benzene rings is 1. The van der Waals surface area contributed by atoms with Gasteiger partial charge in [0.25, 0.3) is 0 Å². The molecule has 2 N–H and O–H groups in total. The Morgan fingerprint density at radius 2 is 2.24 bits per heavy atom. The molecule has 2 rings (SSSR count). The maximum Gasteiger partial charge on any atom is 0.347 e. The van der Waals surface area contributed by atoms with E-state index in [1.807, 2.05) is 6.92 Å². The number of nitrogens with zero attached hydrogens (tertiary/aromatic N) is 2. The van der Waals surface area contributed by atoms with Crippen molar-refractivity contribution < 1.29 is 4.39 Å². The van der Waals surface area contributed by atoms with Gasteiger partial charge >= 0.3 is 5.69 Å². The molecule has 0 bridgehead atoms. The number of nitrogens with two attached hydrogens (primary N) is 1. The van der Waals surface area contributed by atoms with Crippen molar-refractivity contribution in [1.82, 2.24) is 9.55 Å². The molecule has 4 nitrogen and oxygen atoms in total. The molecular formula is C12H12FN3O. The first-order valence-corrected chi connectivity index (χ1v) is 5.14. The van der Waals surface area contributed by atoms with Gasteiger partial charge in [0, 0.05) is 18.0 Å². The van der Waals surface area contributed by atoms with Crippen LogP contribution in [0.15, 0.2) is 35.4 Å². The molecule has 0 aliphatic heterocycles. The molecule has 0 saturated carbocycles. The highest BCUT2D eigenvalue weighted by Crippen LogP contribution is 2.15. The predicted octanol–water partition coefficient (Wildman–Crippen LogP) is 1.32. The van der Waals surface area contributed by atoms with Gasteiger partial charge in [0.2, 0.25) is 0 Å². The molecule has 0 unspecified atom stereocenters. The zero-order chi connectivity index (χ0) is 12.4. The number of aryl methyl sites for hydroxylation is 1. The third kappa shape index (κ3) is 2.33. The Morgan fingerprint density at radius 1 is 1.47 bits per heavy atom. The number of hydrogen-bond acceptors (Lipinski definition) is 3. The van der Waals surface area contributed by atoms with Crippen LogP contribution >= 0.6 is 0 Å². The lowest BCUT2D eigenvalue weighted by Crippen LogP contribution is -2.23. The third-order valence-corrected chi connectivity index (χ3v) is 2.43. The molecule has 0 aliphatic carbocycles. The molecule has 0 saturated heterocycles. The maximum atomic E-state index is 13.7. The van der Waals surface area contributed by atoms with Crippen LogP contribution in [0.4, 0.5) is 10.1 Å². The first-order valence-electron chi connectivity index (χ1n) is 5.14. The highest BCUT2D eigenvalue weighted by atomic mass is 19.1. The van der Waals surface area contributed by atoms with E-state index in [4.69, 9.17) is 5.73 Å². The molecule has 0 radical (unpaired) electrons. The Balaban J connectivity index is 2.41. The van der Waals surface area contributed by atoms with E-state index in [0.29, 0.717) is 5.56 Å². The zero-order valence-electron chi connectivity index (χ0n) is 9.35. The summed E-state index contributed by atoms with van der Waals surface area (Å²) in [6.45, 7) is 1.95. The van der Waals surface area contributed by atoms with Gasteiger partial charge < -0.3 is 5.73 Å². The highest BCUT2D eigenvalue weighted by Gasteiger charge is 2.07. The Morgan fingerprint density at radius 3 is 3.00 bits per heavy atom. The second kappa shape index (κ2) is 4.37. The molecule has 0 amide bonds. The number of rotatable bonds is 2. The normalized spacial score (nSPS) is 10.5. The monoisotopic (exact) mass is 233 g/mol. The first kappa shape index (κ1) is 11.3. The summed E-state index contributed by atoms with van der Waals surface area (Å²) in [5.41, 5.74) is 6.35. The van der Waals surface area contributed by atoms with E-state index in [0.717, 1.165) is 5.56 Å². The fourth-order valence-corrected chi connectivity index (χ4v) is 1.58. The number of aromatic nitrogens is 2. The van der Waals surface area contributed by atoms with Gasteiger partial charge in [0.1, 0.15) is 0 Å². The number of hydrogen-bond donors (Lipinski definition) is 1. The summed E-state index contributed by atoms with van der Waals surface area (Å²) in [6, 6.07) is 4.73. The van der Waals surface area contributed by atoms with Gasteiger partial charge in [-0.15, -0.1) is 0 Å². The van der Waals surface area contributed by atoms with Crippen molar-refractivity contribution in [2.75, 3.05) is 5.73 Å². The van der Waals surface area contributed by atoms with Crippen molar-refractivity contribution in [3.8, 4) is 0 Å². The largest absolute Gasteiger partial charge is 0.396 e. The fourth-order valence-electron chi connectivity index (χ4n) is 1.58. The van der Waals surface area contributed by atoms with Gasteiger partial charge in [-0.25, -0.2) is 14.2 Å². The highest BCUT2D eigenvalue weighted by molar-refractivity contribution is 5.42. The van der Waals surface area contributed by atoms with E-state index >= 15 is 0 Å². The lowest BCUT2D eigenvalue weighted by Gasteiger charge is -2.08. The van der Waals surface area contributed by atoms with Crippen molar-refractivity contribution in [3.63, 3.8) is 0 Å². The van der Waals surface area contributed by atoms with Crippen LogP contribution in [0.1, 0.15) is 11.1 Å². The fraction of sp³-hybridized carbons (Fsp3) is 0.167. The summed E-state index contributed by atoms with van der Waals surface area (Å²) in [7, 11) is 0. The Hall–Kier alpha value is -2.17. The van der Waals surface area contributed by atoms with E-state index in [9.17, 15) is 9.18 Å². The van der Waals surface area contributed by atoms with E-state index in [1.54, 1.807) is 18.3 Å². The summed E-state index contributed by atoms with van der Waals surface area (Å²) in [5, 5.41) is 0. The second-order valence-corrected chi connectivity index (χ2v) is 3.86. The summed E-state index contributed by atoms with van der Waals surface area (Å²) in [4.78, 5) is 15.2. The molecule has 17 heavy (non-hydrogen) atoms. The minimum atomic E-state index is -0.485. The zero-order valence-corrected chi connectivity index (χ0v) is 9.35. The van der Waals surface area contributed by atoms with E-state index < -0.39 is 11.5 Å². The molecule has 1 aromatic carbocycles. The Labute approximate surface area is 97.5 Å². The van der Waals surface area contributed by atoms with Crippen LogP contribution in [0.5, 0.6) is 0 Å². The van der Waals surface area contributed by atoms with Crippen molar-refractivity contribution in [3.05, 3.63) is 58.0 Å². The maximum absolute atomic E-state index is 13.7. The van der Waals surface area contributed by atoms with Crippen molar-refractivity contribution in [1.29, 1.82) is 0 Å². The lowest BCUT2D eigenvalue weighted by molar-refractivity contribution is 0.597. The minimum Gasteiger partial charge on any atom is -0.396 e. The van der Waals surface area contributed by atoms with E-state index in [-0.39, 0.29) is 12.2 Å². The van der Waals surface area contributed by atoms with Crippen LogP contribution in [0.3, 0.4) is 0 Å². The van der Waals surface area contributed by atoms with Gasteiger partial charge in [-0.05, 0) is 18.6 Å². The summed E-state index contributed by atoms with van der Waals surface area (Å²) >= 11 is 0. The van der Waals surface area contributed by atoms with Crippen LogP contribution < -0.4 is 11.4 Å². The molecule has 1 aromatic heterocycles. The van der Waals surface area contributed by atoms with Crippen LogP contribution in [0.25, 0.3) is 0 Å². The van der Waals surface area contributed by atoms with Gasteiger partial charge in [-0.1, -0.05) is 12.1 Å². The van der Waals surface area contributed by atoms with Crippen LogP contribution in [0.2, 0.25) is 0 Å². The predicted molar refractivity (Wildman–Crippen MR) is 63.1 cm³/mol. The second-order valence-electron chi connectivity index (χ2n) is 3.86. The molecule has 5 heteroatoms. The van der Waals surface area contributed by atoms with Crippen LogP contribution in [-0.2, 0) is 6.54 Å². The van der Waals surface area contributed by atoms with Gasteiger partial charge in [0.05, 0.1) is 12.2 Å².